The maximum atomic E-state index is 11.8. The number of fused-ring (bicyclic) bond motifs is 1. The molecule has 0 atom stereocenters. The van der Waals surface area contributed by atoms with Crippen molar-refractivity contribution in [2.24, 2.45) is 0 Å². The molecule has 0 N–H and O–H groups in total. The average molecular weight is 310 g/mol. The fraction of sp³-hybridized carbons (Fsp3) is 0.294. The Bertz CT molecular complexity index is 854. The van der Waals surface area contributed by atoms with Gasteiger partial charge in [0.1, 0.15) is 5.69 Å². The number of anilines is 1. The Balaban J connectivity index is 2.09. The van der Waals surface area contributed by atoms with Crippen molar-refractivity contribution >= 4 is 11.6 Å². The lowest BCUT2D eigenvalue weighted by molar-refractivity contribution is -0.118. The second-order valence-electron chi connectivity index (χ2n) is 5.60. The molecule has 1 aliphatic rings. The maximum Gasteiger partial charge on any atom is 0.364 e. The molecule has 0 spiro atoms. The van der Waals surface area contributed by atoms with Crippen LogP contribution >= 0.6 is 0 Å². The van der Waals surface area contributed by atoms with Crippen molar-refractivity contribution in [1.82, 2.24) is 14.8 Å². The van der Waals surface area contributed by atoms with Crippen LogP contribution in [0.15, 0.2) is 35.6 Å². The molecule has 3 rings (SSSR count). The molecule has 0 fully saturated rings. The number of hydrogen-bond acceptors (Lipinski definition) is 4. The van der Waals surface area contributed by atoms with Crippen LogP contribution in [0.25, 0.3) is 11.3 Å². The number of hydrogen-bond donors (Lipinski definition) is 0. The summed E-state index contributed by atoms with van der Waals surface area (Å²) in [7, 11) is 1.79. The Kier molecular flexibility index (Phi) is 3.82. The molecule has 1 amide bonds. The Labute approximate surface area is 134 Å². The summed E-state index contributed by atoms with van der Waals surface area (Å²) >= 11 is 0. The fourth-order valence-corrected chi connectivity index (χ4v) is 2.80. The fourth-order valence-electron chi connectivity index (χ4n) is 2.80. The number of aryl methyl sites for hydroxylation is 2. The summed E-state index contributed by atoms with van der Waals surface area (Å²) in [6.07, 6.45) is 2.83. The van der Waals surface area contributed by atoms with Crippen LogP contribution in [0.2, 0.25) is 0 Å². The number of rotatable bonds is 3. The van der Waals surface area contributed by atoms with Gasteiger partial charge in [-0.2, -0.15) is 10.1 Å². The largest absolute Gasteiger partial charge is 0.364 e. The van der Waals surface area contributed by atoms with E-state index in [-0.39, 0.29) is 11.6 Å². The molecule has 0 aliphatic carbocycles. The quantitative estimate of drug-likeness (QED) is 0.809. The number of carbonyl (C=O) groups is 1. The molecule has 6 nitrogen and oxygen atoms in total. The molecular formula is C17H18N4O2. The first-order chi connectivity index (χ1) is 11.0. The van der Waals surface area contributed by atoms with Crippen LogP contribution in [0.5, 0.6) is 0 Å². The monoisotopic (exact) mass is 310 g/mol. The van der Waals surface area contributed by atoms with Gasteiger partial charge < -0.3 is 4.90 Å². The van der Waals surface area contributed by atoms with Crippen LogP contribution in [-0.4, -0.2) is 27.7 Å². The lowest BCUT2D eigenvalue weighted by Crippen LogP contribution is -2.31. The minimum Gasteiger partial charge on any atom is -0.315 e. The highest BCUT2D eigenvalue weighted by Crippen LogP contribution is 2.31. The molecule has 1 aromatic heterocycles. The van der Waals surface area contributed by atoms with E-state index < -0.39 is 0 Å². The smallest absolute Gasteiger partial charge is 0.315 e. The van der Waals surface area contributed by atoms with Crippen LogP contribution in [-0.2, 0) is 17.8 Å². The van der Waals surface area contributed by atoms with E-state index >= 15 is 0 Å². The zero-order valence-electron chi connectivity index (χ0n) is 13.2. The molecule has 0 saturated carbocycles. The lowest BCUT2D eigenvalue weighted by Gasteiger charge is -2.26. The number of carbonyl (C=O) groups excluding carboxylic acids is 1. The standard InChI is InChI=1S/C17H18N4O2/c1-4-9-21-17(23)18-11(2)16(19-21)13-5-7-14-12(10-13)6-8-15(22)20(14)3/h4-5,7,10H,1,6,8-9H2,2-3H3. The number of nitrogens with zero attached hydrogens (tertiary/aromatic N) is 4. The number of benzene rings is 1. The van der Waals surface area contributed by atoms with E-state index in [9.17, 15) is 9.59 Å². The van der Waals surface area contributed by atoms with E-state index in [4.69, 9.17) is 0 Å². The van der Waals surface area contributed by atoms with Gasteiger partial charge in [-0.15, -0.1) is 6.58 Å². The Morgan fingerprint density at radius 3 is 2.83 bits per heavy atom. The summed E-state index contributed by atoms with van der Waals surface area (Å²) in [5.74, 6) is 0.126. The molecule has 0 unspecified atom stereocenters. The predicted molar refractivity (Wildman–Crippen MR) is 88.4 cm³/mol. The molecule has 2 aromatic rings. The van der Waals surface area contributed by atoms with Gasteiger partial charge in [0, 0.05) is 24.7 Å². The van der Waals surface area contributed by atoms with E-state index in [1.54, 1.807) is 24.9 Å². The zero-order valence-corrected chi connectivity index (χ0v) is 13.2. The summed E-state index contributed by atoms with van der Waals surface area (Å²) < 4.78 is 1.30. The summed E-state index contributed by atoms with van der Waals surface area (Å²) in [6, 6.07) is 5.86. The maximum absolute atomic E-state index is 11.8. The van der Waals surface area contributed by atoms with Gasteiger partial charge in [0.25, 0.3) is 0 Å². The normalized spacial score (nSPS) is 13.8. The molecule has 0 radical (unpaired) electrons. The molecule has 6 heteroatoms. The third-order valence-corrected chi connectivity index (χ3v) is 4.05. The van der Waals surface area contributed by atoms with Gasteiger partial charge in [0.05, 0.1) is 12.2 Å². The topological polar surface area (TPSA) is 68.1 Å². The van der Waals surface area contributed by atoms with Gasteiger partial charge in [0.15, 0.2) is 0 Å². The molecule has 0 bridgehead atoms. The molecule has 2 heterocycles. The third kappa shape index (κ3) is 2.67. The van der Waals surface area contributed by atoms with Gasteiger partial charge in [0.2, 0.25) is 5.91 Å². The number of aromatic nitrogens is 3. The highest BCUT2D eigenvalue weighted by atomic mass is 16.2. The van der Waals surface area contributed by atoms with Crippen LogP contribution in [0.4, 0.5) is 5.69 Å². The van der Waals surface area contributed by atoms with Crippen molar-refractivity contribution in [3.05, 3.63) is 52.6 Å². The highest BCUT2D eigenvalue weighted by molar-refractivity contribution is 5.96. The van der Waals surface area contributed by atoms with Crippen molar-refractivity contribution in [1.29, 1.82) is 0 Å². The molecule has 118 valence electrons. The number of amides is 1. The Hall–Kier alpha value is -2.76. The van der Waals surface area contributed by atoms with Crippen molar-refractivity contribution < 1.29 is 4.79 Å². The van der Waals surface area contributed by atoms with E-state index in [1.807, 2.05) is 18.2 Å². The number of allylic oxidation sites excluding steroid dienone is 1. The second kappa shape index (κ2) is 5.79. The van der Waals surface area contributed by atoms with E-state index in [0.717, 1.165) is 16.8 Å². The highest BCUT2D eigenvalue weighted by Gasteiger charge is 2.21. The van der Waals surface area contributed by atoms with E-state index in [2.05, 4.69) is 16.7 Å². The Morgan fingerprint density at radius 1 is 1.30 bits per heavy atom. The SMILES string of the molecule is C=CCn1nc(-c2ccc3c(c2)CCC(=O)N3C)c(C)nc1=O. The van der Waals surface area contributed by atoms with Gasteiger partial charge >= 0.3 is 5.69 Å². The van der Waals surface area contributed by atoms with Crippen molar-refractivity contribution in [3.63, 3.8) is 0 Å². The van der Waals surface area contributed by atoms with Crippen molar-refractivity contribution in [2.45, 2.75) is 26.3 Å². The van der Waals surface area contributed by atoms with Crippen LogP contribution in [0, 0.1) is 6.92 Å². The first-order valence-electron chi connectivity index (χ1n) is 7.47. The van der Waals surface area contributed by atoms with Crippen LogP contribution in [0.3, 0.4) is 0 Å². The van der Waals surface area contributed by atoms with E-state index in [1.165, 1.54) is 4.68 Å². The predicted octanol–water partition coefficient (Wildman–Crippen LogP) is 1.71. The van der Waals surface area contributed by atoms with Gasteiger partial charge in [-0.05, 0) is 31.0 Å². The first-order valence-corrected chi connectivity index (χ1v) is 7.47. The lowest BCUT2D eigenvalue weighted by atomic mass is 9.97. The van der Waals surface area contributed by atoms with Gasteiger partial charge in [-0.25, -0.2) is 9.48 Å². The van der Waals surface area contributed by atoms with E-state index in [0.29, 0.717) is 30.8 Å². The third-order valence-electron chi connectivity index (χ3n) is 4.05. The average Bonchev–Trinajstić information content (AvgIpc) is 2.53. The molecule has 1 aromatic carbocycles. The first kappa shape index (κ1) is 15.1. The van der Waals surface area contributed by atoms with Crippen molar-refractivity contribution in [3.8, 4) is 11.3 Å². The molecule has 1 aliphatic heterocycles. The van der Waals surface area contributed by atoms with Crippen LogP contribution < -0.4 is 10.6 Å². The van der Waals surface area contributed by atoms with Crippen molar-refractivity contribution in [2.75, 3.05) is 11.9 Å². The minimum absolute atomic E-state index is 0.126. The van der Waals surface area contributed by atoms with Gasteiger partial charge in [-0.3, -0.25) is 4.79 Å². The summed E-state index contributed by atoms with van der Waals surface area (Å²) in [6.45, 7) is 5.73. The van der Waals surface area contributed by atoms with Gasteiger partial charge in [-0.1, -0.05) is 12.1 Å². The Morgan fingerprint density at radius 2 is 2.09 bits per heavy atom. The summed E-state index contributed by atoms with van der Waals surface area (Å²) in [5, 5.41) is 4.40. The summed E-state index contributed by atoms with van der Waals surface area (Å²) in [4.78, 5) is 29.3. The second-order valence-corrected chi connectivity index (χ2v) is 5.60. The van der Waals surface area contributed by atoms with Crippen LogP contribution in [0.1, 0.15) is 17.7 Å². The molecule has 0 saturated heterocycles. The molecular weight excluding hydrogens is 292 g/mol. The zero-order chi connectivity index (χ0) is 16.6. The molecule has 23 heavy (non-hydrogen) atoms. The summed E-state index contributed by atoms with van der Waals surface area (Å²) in [5.41, 5.74) is 3.82. The minimum atomic E-state index is -0.380.